The van der Waals surface area contributed by atoms with Crippen LogP contribution in [-0.4, -0.2) is 28.0 Å². The van der Waals surface area contributed by atoms with Crippen LogP contribution >= 0.6 is 0 Å². The summed E-state index contributed by atoms with van der Waals surface area (Å²) in [4.78, 5) is 8.35. The molecule has 0 radical (unpaired) electrons. The van der Waals surface area contributed by atoms with E-state index >= 15 is 0 Å². The summed E-state index contributed by atoms with van der Waals surface area (Å²) in [7, 11) is 1.95. The summed E-state index contributed by atoms with van der Waals surface area (Å²) in [5.41, 5.74) is 1.06. The van der Waals surface area contributed by atoms with Crippen LogP contribution in [0.4, 0.5) is 0 Å². The van der Waals surface area contributed by atoms with Crippen molar-refractivity contribution in [2.75, 3.05) is 13.6 Å². The van der Waals surface area contributed by atoms with Gasteiger partial charge in [-0.1, -0.05) is 6.08 Å². The van der Waals surface area contributed by atoms with Crippen LogP contribution in [0.25, 0.3) is 11.9 Å². The molecule has 0 amide bonds. The predicted molar refractivity (Wildman–Crippen MR) is 60.6 cm³/mol. The van der Waals surface area contributed by atoms with Crippen molar-refractivity contribution in [1.29, 1.82) is 0 Å². The molecular formula is C11H14N4. The fraction of sp³-hybridized carbons (Fsp3) is 0.273. The summed E-state index contributed by atoms with van der Waals surface area (Å²) in [6.07, 6.45) is 10.8. The van der Waals surface area contributed by atoms with Gasteiger partial charge in [-0.25, -0.2) is 9.97 Å². The smallest absolute Gasteiger partial charge is 0.234 e. The zero-order chi connectivity index (χ0) is 10.5. The molecule has 0 aliphatic carbocycles. The third kappa shape index (κ3) is 2.22. The van der Waals surface area contributed by atoms with Gasteiger partial charge >= 0.3 is 0 Å². The van der Waals surface area contributed by atoms with E-state index in [2.05, 4.69) is 27.4 Å². The SMILES string of the molecule is CNCCC=Cc1cnc2ncccn12. The Bertz CT molecular complexity index is 458. The maximum absolute atomic E-state index is 4.20. The number of fused-ring (bicyclic) bond motifs is 1. The van der Waals surface area contributed by atoms with Gasteiger partial charge in [-0.05, 0) is 32.2 Å². The molecule has 2 aromatic rings. The molecule has 4 heteroatoms. The number of hydrogen-bond acceptors (Lipinski definition) is 3. The lowest BCUT2D eigenvalue weighted by Crippen LogP contribution is -2.05. The summed E-state index contributed by atoms with van der Waals surface area (Å²) >= 11 is 0. The van der Waals surface area contributed by atoms with E-state index in [4.69, 9.17) is 0 Å². The second-order valence-electron chi connectivity index (χ2n) is 3.27. The van der Waals surface area contributed by atoms with Crippen LogP contribution in [0, 0.1) is 0 Å². The average Bonchev–Trinajstić information content (AvgIpc) is 2.68. The average molecular weight is 202 g/mol. The van der Waals surface area contributed by atoms with Gasteiger partial charge in [-0.2, -0.15) is 0 Å². The fourth-order valence-electron chi connectivity index (χ4n) is 1.40. The Morgan fingerprint density at radius 1 is 1.47 bits per heavy atom. The molecule has 0 saturated heterocycles. The van der Waals surface area contributed by atoms with E-state index in [1.54, 1.807) is 6.20 Å². The molecule has 0 unspecified atom stereocenters. The molecule has 2 heterocycles. The highest BCUT2D eigenvalue weighted by Crippen LogP contribution is 2.05. The molecule has 0 aliphatic heterocycles. The molecule has 2 rings (SSSR count). The van der Waals surface area contributed by atoms with Gasteiger partial charge in [-0.3, -0.25) is 4.40 Å². The number of rotatable bonds is 4. The van der Waals surface area contributed by atoms with Gasteiger partial charge in [0.1, 0.15) is 0 Å². The number of imidazole rings is 1. The van der Waals surface area contributed by atoms with Crippen LogP contribution in [0.3, 0.4) is 0 Å². The molecule has 1 N–H and O–H groups in total. The van der Waals surface area contributed by atoms with Gasteiger partial charge in [0.15, 0.2) is 0 Å². The van der Waals surface area contributed by atoms with Gasteiger partial charge in [0.25, 0.3) is 0 Å². The van der Waals surface area contributed by atoms with E-state index in [0.717, 1.165) is 24.4 Å². The number of hydrogen-bond donors (Lipinski definition) is 1. The molecule has 0 aliphatic rings. The minimum atomic E-state index is 0.741. The monoisotopic (exact) mass is 202 g/mol. The van der Waals surface area contributed by atoms with E-state index in [9.17, 15) is 0 Å². The molecule has 2 aromatic heterocycles. The Labute approximate surface area is 88.7 Å². The molecule has 0 bridgehead atoms. The highest BCUT2D eigenvalue weighted by atomic mass is 15.1. The molecule has 0 spiro atoms. The normalized spacial score (nSPS) is 11.5. The number of aromatic nitrogens is 3. The van der Waals surface area contributed by atoms with Crippen molar-refractivity contribution >= 4 is 11.9 Å². The highest BCUT2D eigenvalue weighted by molar-refractivity contribution is 5.49. The summed E-state index contributed by atoms with van der Waals surface area (Å²) in [5.74, 6) is 0.741. The first-order valence-corrected chi connectivity index (χ1v) is 5.01. The van der Waals surface area contributed by atoms with Crippen molar-refractivity contribution in [3.8, 4) is 0 Å². The second-order valence-corrected chi connectivity index (χ2v) is 3.27. The Kier molecular flexibility index (Phi) is 3.09. The fourth-order valence-corrected chi connectivity index (χ4v) is 1.40. The van der Waals surface area contributed by atoms with Crippen LogP contribution in [0.2, 0.25) is 0 Å². The van der Waals surface area contributed by atoms with Crippen molar-refractivity contribution in [1.82, 2.24) is 19.7 Å². The van der Waals surface area contributed by atoms with Crippen LogP contribution in [0.5, 0.6) is 0 Å². The summed E-state index contributed by atoms with van der Waals surface area (Å²) < 4.78 is 1.97. The summed E-state index contributed by atoms with van der Waals surface area (Å²) in [5, 5.41) is 3.10. The van der Waals surface area contributed by atoms with Gasteiger partial charge in [0, 0.05) is 12.4 Å². The largest absolute Gasteiger partial charge is 0.319 e. The topological polar surface area (TPSA) is 42.2 Å². The Morgan fingerprint density at radius 2 is 2.40 bits per heavy atom. The minimum Gasteiger partial charge on any atom is -0.319 e. The molecule has 0 saturated carbocycles. The molecule has 15 heavy (non-hydrogen) atoms. The predicted octanol–water partition coefficient (Wildman–Crippen LogP) is 1.35. The lowest BCUT2D eigenvalue weighted by molar-refractivity contribution is 0.809. The lowest BCUT2D eigenvalue weighted by Gasteiger charge is -1.94. The van der Waals surface area contributed by atoms with Gasteiger partial charge in [0.05, 0.1) is 11.9 Å². The van der Waals surface area contributed by atoms with Crippen molar-refractivity contribution < 1.29 is 0 Å². The van der Waals surface area contributed by atoms with Crippen LogP contribution in [0.15, 0.2) is 30.7 Å². The minimum absolute atomic E-state index is 0.741. The Hall–Kier alpha value is -1.68. The van der Waals surface area contributed by atoms with Crippen LogP contribution in [0.1, 0.15) is 12.1 Å². The maximum atomic E-state index is 4.20. The van der Waals surface area contributed by atoms with E-state index in [1.165, 1.54) is 0 Å². The third-order valence-electron chi connectivity index (χ3n) is 2.17. The van der Waals surface area contributed by atoms with E-state index in [-0.39, 0.29) is 0 Å². The zero-order valence-electron chi connectivity index (χ0n) is 8.72. The van der Waals surface area contributed by atoms with Crippen molar-refractivity contribution in [3.05, 3.63) is 36.4 Å². The van der Waals surface area contributed by atoms with Crippen molar-refractivity contribution in [2.45, 2.75) is 6.42 Å². The maximum Gasteiger partial charge on any atom is 0.234 e. The standard InChI is InChI=1S/C11H14N4/c1-12-6-3-2-5-10-9-14-11-13-7-4-8-15(10)11/h2,4-5,7-9,12H,3,6H2,1H3. The van der Waals surface area contributed by atoms with Crippen LogP contribution < -0.4 is 5.32 Å². The molecule has 78 valence electrons. The lowest BCUT2D eigenvalue weighted by atomic mass is 10.3. The van der Waals surface area contributed by atoms with Gasteiger partial charge in [-0.15, -0.1) is 0 Å². The first-order valence-electron chi connectivity index (χ1n) is 5.01. The molecule has 0 fully saturated rings. The molecule has 0 atom stereocenters. The molecular weight excluding hydrogens is 188 g/mol. The number of nitrogens with one attached hydrogen (secondary N) is 1. The Morgan fingerprint density at radius 3 is 3.27 bits per heavy atom. The highest BCUT2D eigenvalue weighted by Gasteiger charge is 1.98. The van der Waals surface area contributed by atoms with Crippen molar-refractivity contribution in [3.63, 3.8) is 0 Å². The summed E-state index contributed by atoms with van der Waals surface area (Å²) in [6.45, 7) is 0.992. The van der Waals surface area contributed by atoms with Gasteiger partial charge in [0.2, 0.25) is 5.78 Å². The Balaban J connectivity index is 2.17. The first-order chi connectivity index (χ1) is 7.42. The van der Waals surface area contributed by atoms with Crippen LogP contribution in [-0.2, 0) is 0 Å². The molecule has 4 nitrogen and oxygen atoms in total. The third-order valence-corrected chi connectivity index (χ3v) is 2.17. The number of nitrogens with zero attached hydrogens (tertiary/aromatic N) is 3. The summed E-state index contributed by atoms with van der Waals surface area (Å²) in [6, 6.07) is 1.90. The van der Waals surface area contributed by atoms with Gasteiger partial charge < -0.3 is 5.32 Å². The molecule has 0 aromatic carbocycles. The quantitative estimate of drug-likeness (QED) is 0.761. The van der Waals surface area contributed by atoms with E-state index in [0.29, 0.717) is 0 Å². The van der Waals surface area contributed by atoms with E-state index < -0.39 is 0 Å². The zero-order valence-corrected chi connectivity index (χ0v) is 8.72. The van der Waals surface area contributed by atoms with E-state index in [1.807, 2.05) is 29.9 Å². The first kappa shape index (κ1) is 9.86. The van der Waals surface area contributed by atoms with Crippen molar-refractivity contribution in [2.24, 2.45) is 0 Å². The second kappa shape index (κ2) is 4.70.